The fourth-order valence-electron chi connectivity index (χ4n) is 4.45. The first kappa shape index (κ1) is 17.9. The van der Waals surface area contributed by atoms with E-state index in [1.807, 2.05) is 24.3 Å². The summed E-state index contributed by atoms with van der Waals surface area (Å²) in [7, 11) is 6.51. The molecule has 0 bridgehead atoms. The molecule has 2 heterocycles. The van der Waals surface area contributed by atoms with E-state index >= 15 is 0 Å². The van der Waals surface area contributed by atoms with Crippen LogP contribution in [0.2, 0.25) is 0 Å². The van der Waals surface area contributed by atoms with Crippen LogP contribution < -0.4 is 18.9 Å². The first-order valence-corrected chi connectivity index (χ1v) is 9.09. The maximum absolute atomic E-state index is 13.7. The number of fused-ring (bicyclic) bond motifs is 4. The molecule has 0 saturated heterocycles. The molecule has 0 aliphatic carbocycles. The summed E-state index contributed by atoms with van der Waals surface area (Å²) in [5.41, 5.74) is 4.42. The average molecular weight is 371 g/mol. The number of ether oxygens (including phenoxy) is 4. The zero-order valence-electron chi connectivity index (χ0n) is 16.2. The van der Waals surface area contributed by atoms with Crippen LogP contribution >= 0.6 is 0 Å². The average Bonchev–Trinajstić information content (AvgIpc) is 2.69. The van der Waals surface area contributed by atoms with E-state index in [1.165, 1.54) is 5.56 Å². The Bertz CT molecular complexity index is 881. The molecule has 0 fully saturated rings. The standard InChI is InChI=1S/C21H25NO5/c1-24-18-8-13-5-6-22(23)12-15-10-20(26-3)19(25-2)9-14(15)7-17(22)16(13)11-21(18)27-4/h8-11,17H,5-7,12H2,1-4H3/t17-,22-/m1/s1. The molecule has 144 valence electrons. The first-order chi connectivity index (χ1) is 13.0. The number of rotatable bonds is 4. The molecule has 2 aromatic carbocycles. The third kappa shape index (κ3) is 2.80. The smallest absolute Gasteiger partial charge is 0.161 e. The Balaban J connectivity index is 1.80. The minimum absolute atomic E-state index is 0.154. The highest BCUT2D eigenvalue weighted by Crippen LogP contribution is 2.47. The van der Waals surface area contributed by atoms with E-state index in [2.05, 4.69) is 0 Å². The lowest BCUT2D eigenvalue weighted by Crippen LogP contribution is -2.52. The van der Waals surface area contributed by atoms with Crippen molar-refractivity contribution < 1.29 is 23.6 Å². The Morgan fingerprint density at radius 3 is 1.89 bits per heavy atom. The van der Waals surface area contributed by atoms with E-state index in [1.54, 1.807) is 28.4 Å². The second-order valence-corrected chi connectivity index (χ2v) is 7.19. The summed E-state index contributed by atoms with van der Waals surface area (Å²) in [6.45, 7) is 0.995. The number of methoxy groups -OCH3 is 4. The van der Waals surface area contributed by atoms with Gasteiger partial charge in [-0.1, -0.05) is 0 Å². The molecule has 4 rings (SSSR count). The van der Waals surface area contributed by atoms with Gasteiger partial charge >= 0.3 is 0 Å². The normalized spacial score (nSPS) is 22.9. The van der Waals surface area contributed by atoms with Gasteiger partial charge < -0.3 is 28.8 Å². The Kier molecular flexibility index (Phi) is 4.40. The number of hydrogen-bond acceptors (Lipinski definition) is 5. The summed E-state index contributed by atoms with van der Waals surface area (Å²) in [5.74, 6) is 2.75. The summed E-state index contributed by atoms with van der Waals surface area (Å²) in [4.78, 5) is 0. The van der Waals surface area contributed by atoms with Crippen LogP contribution in [0.25, 0.3) is 0 Å². The van der Waals surface area contributed by atoms with Gasteiger partial charge in [0.15, 0.2) is 23.0 Å². The second kappa shape index (κ2) is 6.62. The molecule has 27 heavy (non-hydrogen) atoms. The van der Waals surface area contributed by atoms with Crippen LogP contribution in [0.3, 0.4) is 0 Å². The molecule has 2 aliphatic heterocycles. The van der Waals surface area contributed by atoms with Gasteiger partial charge in [0.1, 0.15) is 12.6 Å². The summed E-state index contributed by atoms with van der Waals surface area (Å²) < 4.78 is 21.5. The summed E-state index contributed by atoms with van der Waals surface area (Å²) in [6, 6.07) is 7.80. The number of nitrogens with zero attached hydrogens (tertiary/aromatic N) is 1. The lowest BCUT2D eigenvalue weighted by Gasteiger charge is -2.54. The summed E-state index contributed by atoms with van der Waals surface area (Å²) >= 11 is 0. The highest BCUT2D eigenvalue weighted by atomic mass is 16.5. The Labute approximate surface area is 159 Å². The van der Waals surface area contributed by atoms with Crippen molar-refractivity contribution in [3.63, 3.8) is 0 Å². The molecule has 0 amide bonds. The second-order valence-electron chi connectivity index (χ2n) is 7.19. The van der Waals surface area contributed by atoms with E-state index < -0.39 is 0 Å². The molecule has 0 saturated carbocycles. The molecule has 0 radical (unpaired) electrons. The number of quaternary nitrogens is 1. The molecular formula is C21H25NO5. The largest absolute Gasteiger partial charge is 0.632 e. The van der Waals surface area contributed by atoms with Gasteiger partial charge in [-0.05, 0) is 35.4 Å². The van der Waals surface area contributed by atoms with E-state index in [0.29, 0.717) is 42.5 Å². The van der Waals surface area contributed by atoms with Crippen LogP contribution in [0.4, 0.5) is 0 Å². The van der Waals surface area contributed by atoms with Gasteiger partial charge in [-0.25, -0.2) is 0 Å². The Morgan fingerprint density at radius 1 is 0.778 bits per heavy atom. The molecule has 0 spiro atoms. The lowest BCUT2D eigenvalue weighted by molar-refractivity contribution is -0.928. The van der Waals surface area contributed by atoms with Gasteiger partial charge in [-0.15, -0.1) is 0 Å². The predicted molar refractivity (Wildman–Crippen MR) is 101 cm³/mol. The van der Waals surface area contributed by atoms with E-state index in [0.717, 1.165) is 23.1 Å². The van der Waals surface area contributed by atoms with Crippen molar-refractivity contribution in [2.24, 2.45) is 0 Å². The minimum Gasteiger partial charge on any atom is -0.632 e. The van der Waals surface area contributed by atoms with Crippen molar-refractivity contribution in [2.75, 3.05) is 35.0 Å². The monoisotopic (exact) mass is 371 g/mol. The molecule has 6 nitrogen and oxygen atoms in total. The fourth-order valence-corrected chi connectivity index (χ4v) is 4.45. The third-order valence-corrected chi connectivity index (χ3v) is 5.89. The van der Waals surface area contributed by atoms with Gasteiger partial charge in [0.2, 0.25) is 0 Å². The van der Waals surface area contributed by atoms with Crippen molar-refractivity contribution in [3.05, 3.63) is 51.7 Å². The maximum Gasteiger partial charge on any atom is 0.161 e. The van der Waals surface area contributed by atoms with Crippen LogP contribution in [0, 0.1) is 5.21 Å². The van der Waals surface area contributed by atoms with Crippen LogP contribution in [-0.2, 0) is 19.4 Å². The number of hydrogen-bond donors (Lipinski definition) is 0. The minimum atomic E-state index is -0.245. The third-order valence-electron chi connectivity index (χ3n) is 5.89. The first-order valence-electron chi connectivity index (χ1n) is 9.09. The van der Waals surface area contributed by atoms with E-state index in [9.17, 15) is 5.21 Å². The molecule has 0 aromatic heterocycles. The highest BCUT2D eigenvalue weighted by molar-refractivity contribution is 5.52. The maximum atomic E-state index is 13.7. The van der Waals surface area contributed by atoms with Crippen molar-refractivity contribution >= 4 is 0 Å². The molecule has 2 aliphatic rings. The molecule has 0 N–H and O–H groups in total. The highest BCUT2D eigenvalue weighted by Gasteiger charge is 2.41. The van der Waals surface area contributed by atoms with Crippen molar-refractivity contribution in [2.45, 2.75) is 25.4 Å². The van der Waals surface area contributed by atoms with Gasteiger partial charge in [-0.2, -0.15) is 0 Å². The van der Waals surface area contributed by atoms with Crippen molar-refractivity contribution in [1.29, 1.82) is 0 Å². The van der Waals surface area contributed by atoms with Crippen molar-refractivity contribution in [3.8, 4) is 23.0 Å². The van der Waals surface area contributed by atoms with E-state index in [4.69, 9.17) is 18.9 Å². The van der Waals surface area contributed by atoms with Gasteiger partial charge in [0.25, 0.3) is 0 Å². The number of benzene rings is 2. The molecule has 2 atom stereocenters. The lowest BCUT2D eigenvalue weighted by atomic mass is 9.83. The van der Waals surface area contributed by atoms with Gasteiger partial charge in [0, 0.05) is 24.0 Å². The molecular weight excluding hydrogens is 346 g/mol. The van der Waals surface area contributed by atoms with Crippen LogP contribution in [-0.4, -0.2) is 39.6 Å². The SMILES string of the molecule is COc1cc2c(cc1OC)C[N@+]1([O-])CCc3cc(OC)c(OC)cc3[C@H]1C2. The predicted octanol–water partition coefficient (Wildman–Crippen LogP) is 3.39. The summed E-state index contributed by atoms with van der Waals surface area (Å²) in [5, 5.41) is 13.7. The Hall–Kier alpha value is -2.44. The van der Waals surface area contributed by atoms with Crippen LogP contribution in [0.1, 0.15) is 28.3 Å². The van der Waals surface area contributed by atoms with Gasteiger partial charge in [0.05, 0.1) is 35.0 Å². The zero-order valence-corrected chi connectivity index (χ0v) is 16.2. The number of hydroxylamine groups is 3. The Morgan fingerprint density at radius 2 is 1.30 bits per heavy atom. The van der Waals surface area contributed by atoms with Crippen molar-refractivity contribution in [1.82, 2.24) is 0 Å². The van der Waals surface area contributed by atoms with E-state index in [-0.39, 0.29) is 10.7 Å². The molecule has 2 aromatic rings. The topological polar surface area (TPSA) is 60.0 Å². The molecule has 0 unspecified atom stereocenters. The van der Waals surface area contributed by atoms with Crippen LogP contribution in [0.15, 0.2) is 24.3 Å². The fraction of sp³-hybridized carbons (Fsp3) is 0.429. The van der Waals surface area contributed by atoms with Gasteiger partial charge in [-0.3, -0.25) is 0 Å². The van der Waals surface area contributed by atoms with Crippen LogP contribution in [0.5, 0.6) is 23.0 Å². The summed E-state index contributed by atoms with van der Waals surface area (Å²) in [6.07, 6.45) is 1.40. The quantitative estimate of drug-likeness (QED) is 0.609. The molecule has 6 heteroatoms. The zero-order chi connectivity index (χ0) is 19.2.